The van der Waals surface area contributed by atoms with Gasteiger partial charge < -0.3 is 15.3 Å². The first kappa shape index (κ1) is 12.2. The van der Waals surface area contributed by atoms with Crippen molar-refractivity contribution in [2.45, 2.75) is 39.0 Å². The number of rotatable bonds is 4. The van der Waals surface area contributed by atoms with Crippen molar-refractivity contribution in [2.75, 3.05) is 6.61 Å². The number of aliphatic hydroxyl groups excluding tert-OH is 2. The molecule has 1 heterocycles. The van der Waals surface area contributed by atoms with Crippen molar-refractivity contribution < 1.29 is 19.9 Å². The van der Waals surface area contributed by atoms with Gasteiger partial charge in [-0.25, -0.2) is 9.55 Å². The van der Waals surface area contributed by atoms with E-state index in [-0.39, 0.29) is 6.61 Å². The second-order valence-electron chi connectivity index (χ2n) is 4.17. The lowest BCUT2D eigenvalue weighted by molar-refractivity contribution is -0.719. The minimum absolute atomic E-state index is 0.0364. The van der Waals surface area contributed by atoms with Gasteiger partial charge in [0.2, 0.25) is 0 Å². The van der Waals surface area contributed by atoms with Crippen LogP contribution in [0.3, 0.4) is 0 Å². The van der Waals surface area contributed by atoms with Crippen molar-refractivity contribution in [3.8, 4) is 0 Å². The molecule has 1 aromatic rings. The molecular weight excluding hydrogens is 196 g/mol. The van der Waals surface area contributed by atoms with Crippen molar-refractivity contribution in [3.63, 3.8) is 0 Å². The summed E-state index contributed by atoms with van der Waals surface area (Å²) in [6.45, 7) is 5.27. The average Bonchev–Trinajstić information content (AvgIpc) is 2.47. The summed E-state index contributed by atoms with van der Waals surface area (Å²) < 4.78 is 1.70. The van der Waals surface area contributed by atoms with Crippen LogP contribution in [-0.2, 0) is 12.1 Å². The summed E-state index contributed by atoms with van der Waals surface area (Å²) in [4.78, 5) is 2.91. The van der Waals surface area contributed by atoms with Crippen LogP contribution in [0.4, 0.5) is 0 Å². The van der Waals surface area contributed by atoms with Crippen molar-refractivity contribution in [1.29, 1.82) is 0 Å². The number of imidazole rings is 1. The highest BCUT2D eigenvalue weighted by Crippen LogP contribution is 2.17. The maximum atomic E-state index is 9.89. The van der Waals surface area contributed by atoms with E-state index >= 15 is 0 Å². The van der Waals surface area contributed by atoms with Crippen LogP contribution in [0.5, 0.6) is 0 Å². The normalized spacial score (nSPS) is 14.3. The molecule has 1 aromatic heterocycles. The van der Waals surface area contributed by atoms with E-state index in [0.717, 1.165) is 0 Å². The predicted octanol–water partition coefficient (Wildman–Crippen LogP) is -0.425. The zero-order valence-electron chi connectivity index (χ0n) is 9.36. The lowest BCUT2D eigenvalue weighted by Crippen LogP contribution is -2.46. The number of hydrogen-bond donors (Lipinski definition) is 4. The Kier molecular flexibility index (Phi) is 3.49. The minimum atomic E-state index is -1.00. The van der Waals surface area contributed by atoms with Crippen LogP contribution in [0.15, 0.2) is 6.20 Å². The lowest BCUT2D eigenvalue weighted by atomic mass is 10.1. The molecule has 1 unspecified atom stereocenters. The fourth-order valence-electron chi connectivity index (χ4n) is 1.62. The SMILES string of the molecule is CC(O)c1[nH]cc(C(C)(C)O)[n+]1CCO. The Hall–Kier alpha value is -0.910. The quantitative estimate of drug-likeness (QED) is 0.515. The maximum Gasteiger partial charge on any atom is 0.283 e. The molecule has 4 N–H and O–H groups in total. The van der Waals surface area contributed by atoms with Gasteiger partial charge >= 0.3 is 0 Å². The van der Waals surface area contributed by atoms with E-state index in [2.05, 4.69) is 4.98 Å². The summed E-state index contributed by atoms with van der Waals surface area (Å²) in [6, 6.07) is 0. The van der Waals surface area contributed by atoms with Crippen LogP contribution in [0.2, 0.25) is 0 Å². The number of aromatic amines is 1. The molecule has 0 fully saturated rings. The average molecular weight is 215 g/mol. The fraction of sp³-hybridized carbons (Fsp3) is 0.700. The summed E-state index contributed by atoms with van der Waals surface area (Å²) in [5, 5.41) is 28.3. The summed E-state index contributed by atoms with van der Waals surface area (Å²) in [6.07, 6.45) is 0.991. The summed E-state index contributed by atoms with van der Waals surface area (Å²) in [5.41, 5.74) is -0.355. The zero-order valence-corrected chi connectivity index (χ0v) is 9.36. The first-order valence-corrected chi connectivity index (χ1v) is 5.00. The minimum Gasteiger partial charge on any atom is -0.392 e. The molecule has 0 aliphatic heterocycles. The third-order valence-electron chi connectivity index (χ3n) is 2.28. The zero-order chi connectivity index (χ0) is 11.6. The molecule has 15 heavy (non-hydrogen) atoms. The summed E-state index contributed by atoms with van der Waals surface area (Å²) in [5.74, 6) is 0.584. The van der Waals surface area contributed by atoms with E-state index in [4.69, 9.17) is 5.11 Å². The molecule has 0 aliphatic rings. The van der Waals surface area contributed by atoms with E-state index < -0.39 is 11.7 Å². The molecule has 5 nitrogen and oxygen atoms in total. The summed E-state index contributed by atoms with van der Waals surface area (Å²) >= 11 is 0. The first-order chi connectivity index (χ1) is 6.88. The Balaban J connectivity index is 3.18. The maximum absolute atomic E-state index is 9.89. The Labute approximate surface area is 89.0 Å². The highest BCUT2D eigenvalue weighted by atomic mass is 16.3. The molecule has 0 spiro atoms. The number of nitrogens with zero attached hydrogens (tertiary/aromatic N) is 1. The van der Waals surface area contributed by atoms with Crippen molar-refractivity contribution >= 4 is 0 Å². The molecule has 0 amide bonds. The van der Waals surface area contributed by atoms with E-state index in [1.807, 2.05) is 0 Å². The lowest BCUT2D eigenvalue weighted by Gasteiger charge is -2.15. The van der Waals surface area contributed by atoms with Crippen LogP contribution in [-0.4, -0.2) is 26.9 Å². The van der Waals surface area contributed by atoms with Gasteiger partial charge in [0.1, 0.15) is 18.3 Å². The smallest absolute Gasteiger partial charge is 0.283 e. The topological polar surface area (TPSA) is 80.4 Å². The number of aliphatic hydroxyl groups is 3. The molecular formula is C10H19N2O3+. The fourth-order valence-corrected chi connectivity index (χ4v) is 1.62. The van der Waals surface area contributed by atoms with Crippen LogP contribution in [0.1, 0.15) is 38.4 Å². The molecule has 0 radical (unpaired) electrons. The highest BCUT2D eigenvalue weighted by molar-refractivity contribution is 5.01. The number of H-pyrrole nitrogens is 1. The van der Waals surface area contributed by atoms with Gasteiger partial charge in [-0.1, -0.05) is 0 Å². The molecule has 1 atom stereocenters. The van der Waals surface area contributed by atoms with Gasteiger partial charge in [-0.05, 0) is 20.8 Å². The van der Waals surface area contributed by atoms with Crippen LogP contribution >= 0.6 is 0 Å². The molecule has 0 aliphatic carbocycles. The molecule has 0 bridgehead atoms. The third kappa shape index (κ3) is 2.56. The number of aromatic nitrogens is 2. The Morgan fingerprint density at radius 3 is 2.53 bits per heavy atom. The second-order valence-corrected chi connectivity index (χ2v) is 4.17. The van der Waals surface area contributed by atoms with Gasteiger partial charge in [-0.2, -0.15) is 0 Å². The molecule has 0 aromatic carbocycles. The second kappa shape index (κ2) is 4.30. The molecule has 1 rings (SSSR count). The highest BCUT2D eigenvalue weighted by Gasteiger charge is 2.30. The van der Waals surface area contributed by atoms with E-state index in [9.17, 15) is 10.2 Å². The van der Waals surface area contributed by atoms with E-state index in [0.29, 0.717) is 18.1 Å². The van der Waals surface area contributed by atoms with Crippen LogP contribution in [0, 0.1) is 0 Å². The largest absolute Gasteiger partial charge is 0.392 e. The van der Waals surface area contributed by atoms with Crippen LogP contribution in [0.25, 0.3) is 0 Å². The standard InChI is InChI=1S/C10H18N2O3/c1-7(14)9-11-6-8(10(2,3)15)12(9)4-5-13/h6-7,13-15H,4-5H2,1-3H3/p+1. The predicted molar refractivity (Wildman–Crippen MR) is 54.0 cm³/mol. The van der Waals surface area contributed by atoms with Gasteiger partial charge in [0.05, 0.1) is 6.61 Å². The van der Waals surface area contributed by atoms with Gasteiger partial charge in [-0.15, -0.1) is 0 Å². The first-order valence-electron chi connectivity index (χ1n) is 5.00. The van der Waals surface area contributed by atoms with Crippen LogP contribution < -0.4 is 4.57 Å². The van der Waals surface area contributed by atoms with E-state index in [1.165, 1.54) is 0 Å². The monoisotopic (exact) mass is 215 g/mol. The Morgan fingerprint density at radius 2 is 2.13 bits per heavy atom. The van der Waals surface area contributed by atoms with Crippen molar-refractivity contribution in [1.82, 2.24) is 4.98 Å². The van der Waals surface area contributed by atoms with Gasteiger partial charge in [0, 0.05) is 0 Å². The number of nitrogens with one attached hydrogen (secondary N) is 1. The van der Waals surface area contributed by atoms with Gasteiger partial charge in [0.15, 0.2) is 11.8 Å². The Bertz CT molecular complexity index is 326. The van der Waals surface area contributed by atoms with Crippen molar-refractivity contribution in [3.05, 3.63) is 17.7 Å². The van der Waals surface area contributed by atoms with Crippen molar-refractivity contribution in [2.24, 2.45) is 0 Å². The number of hydrogen-bond acceptors (Lipinski definition) is 3. The Morgan fingerprint density at radius 1 is 1.53 bits per heavy atom. The van der Waals surface area contributed by atoms with Gasteiger partial charge in [0.25, 0.3) is 5.82 Å². The van der Waals surface area contributed by atoms with E-state index in [1.54, 1.807) is 31.5 Å². The molecule has 0 saturated carbocycles. The third-order valence-corrected chi connectivity index (χ3v) is 2.28. The molecule has 0 saturated heterocycles. The molecule has 5 heteroatoms. The molecule has 86 valence electrons. The summed E-state index contributed by atoms with van der Waals surface area (Å²) in [7, 11) is 0. The van der Waals surface area contributed by atoms with Gasteiger partial charge in [-0.3, -0.25) is 0 Å².